The number of amides is 4. The van der Waals surface area contributed by atoms with Crippen molar-refractivity contribution in [3.63, 3.8) is 0 Å². The maximum atomic E-state index is 13.0. The number of pyridine rings is 2. The van der Waals surface area contributed by atoms with E-state index in [1.165, 1.54) is 41.6 Å². The summed E-state index contributed by atoms with van der Waals surface area (Å²) in [6.45, 7) is 1.65. The zero-order valence-electron chi connectivity index (χ0n) is 25.9. The van der Waals surface area contributed by atoms with Gasteiger partial charge in [-0.2, -0.15) is 0 Å². The van der Waals surface area contributed by atoms with E-state index < -0.39 is 23.6 Å². The van der Waals surface area contributed by atoms with Gasteiger partial charge < -0.3 is 15.0 Å². The molecule has 0 bridgehead atoms. The van der Waals surface area contributed by atoms with Gasteiger partial charge in [0.1, 0.15) is 17.9 Å². The van der Waals surface area contributed by atoms with Crippen molar-refractivity contribution in [3.8, 4) is 5.75 Å². The van der Waals surface area contributed by atoms with Crippen molar-refractivity contribution in [1.82, 2.24) is 20.6 Å². The molecule has 48 heavy (non-hydrogen) atoms. The molecule has 242 valence electrons. The minimum Gasteiger partial charge on any atom is -0.487 e. The molecule has 3 aromatic carbocycles. The minimum absolute atomic E-state index is 0.0407. The molecule has 0 atom stereocenters. The van der Waals surface area contributed by atoms with Crippen molar-refractivity contribution >= 4 is 69.5 Å². The number of anilines is 1. The lowest BCUT2D eigenvalue weighted by molar-refractivity contribution is -0.122. The highest BCUT2D eigenvalue weighted by molar-refractivity contribution is 6.38. The molecule has 0 saturated heterocycles. The van der Waals surface area contributed by atoms with Gasteiger partial charge in [0, 0.05) is 52.7 Å². The Labute approximate surface area is 286 Å². The molecular formula is C36H29Cl2N5O5. The first-order valence-corrected chi connectivity index (χ1v) is 15.4. The van der Waals surface area contributed by atoms with E-state index >= 15 is 0 Å². The maximum Gasteiger partial charge on any atom is 0.259 e. The lowest BCUT2D eigenvalue weighted by Crippen LogP contribution is -2.37. The van der Waals surface area contributed by atoms with E-state index in [4.69, 9.17) is 27.9 Å². The second kappa shape index (κ2) is 15.3. The summed E-state index contributed by atoms with van der Waals surface area (Å²) in [7, 11) is 1.55. The minimum atomic E-state index is -0.572. The second-order valence-corrected chi connectivity index (χ2v) is 11.4. The molecule has 5 rings (SSSR count). The van der Waals surface area contributed by atoms with Crippen LogP contribution in [0.5, 0.6) is 5.75 Å². The molecule has 2 heterocycles. The monoisotopic (exact) mass is 681 g/mol. The van der Waals surface area contributed by atoms with Crippen molar-refractivity contribution in [2.24, 2.45) is 0 Å². The molecule has 12 heteroatoms. The Morgan fingerprint density at radius 2 is 1.67 bits per heavy atom. The molecule has 2 N–H and O–H groups in total. The van der Waals surface area contributed by atoms with Crippen molar-refractivity contribution in [2.75, 3.05) is 18.5 Å². The molecule has 10 nitrogen and oxygen atoms in total. The second-order valence-electron chi connectivity index (χ2n) is 10.6. The Hall–Kier alpha value is -5.58. The molecular weight excluding hydrogens is 653 g/mol. The van der Waals surface area contributed by atoms with Crippen LogP contribution in [0.1, 0.15) is 37.5 Å². The highest BCUT2D eigenvalue weighted by atomic mass is 35.5. The van der Waals surface area contributed by atoms with Gasteiger partial charge in [-0.05, 0) is 67.1 Å². The number of fused-ring (bicyclic) bond motifs is 1. The van der Waals surface area contributed by atoms with E-state index in [2.05, 4.69) is 20.6 Å². The number of para-hydroxylation sites is 1. The van der Waals surface area contributed by atoms with Crippen LogP contribution in [0.3, 0.4) is 0 Å². The van der Waals surface area contributed by atoms with Crippen LogP contribution in [0.2, 0.25) is 10.0 Å². The Morgan fingerprint density at radius 1 is 0.896 bits per heavy atom. The number of ether oxygens (including phenoxy) is 1. The number of halogens is 2. The molecule has 0 aliphatic carbocycles. The van der Waals surface area contributed by atoms with Crippen LogP contribution in [0.25, 0.3) is 17.0 Å². The molecule has 0 saturated carbocycles. The molecule has 0 unspecified atom stereocenters. The number of nitrogens with one attached hydrogen (secondary N) is 2. The first-order chi connectivity index (χ1) is 23.1. The number of carbonyl (C=O) groups is 4. The first-order valence-electron chi connectivity index (χ1n) is 14.6. The summed E-state index contributed by atoms with van der Waals surface area (Å²) in [6.07, 6.45) is 5.68. The van der Waals surface area contributed by atoms with Crippen LogP contribution in [0.15, 0.2) is 97.3 Å². The average molecular weight is 683 g/mol. The largest absolute Gasteiger partial charge is 0.487 e. The summed E-state index contributed by atoms with van der Waals surface area (Å²) >= 11 is 13.2. The molecule has 2 aromatic heterocycles. The van der Waals surface area contributed by atoms with Gasteiger partial charge >= 0.3 is 0 Å². The molecule has 4 amide bonds. The van der Waals surface area contributed by atoms with Crippen LogP contribution in [0.4, 0.5) is 5.69 Å². The predicted molar refractivity (Wildman–Crippen MR) is 185 cm³/mol. The van der Waals surface area contributed by atoms with Crippen LogP contribution in [0, 0.1) is 6.92 Å². The number of rotatable bonds is 10. The molecule has 5 aromatic rings. The predicted octanol–water partition coefficient (Wildman–Crippen LogP) is 6.19. The number of carbonyl (C=O) groups excluding carboxylic acids is 4. The van der Waals surface area contributed by atoms with Gasteiger partial charge in [0.25, 0.3) is 11.8 Å². The number of imide groups is 1. The standard InChI is InChI=1S/C36H29Cl2N5O5/c1-22-8-12-24-5-3-7-30(34(24)41-22)48-21-27-28(37)15-16-29(33(27)38)43(2)32(45)20-40-31(44)17-11-23-9-13-25(14-10-23)35(46)42-36(47)26-6-4-18-39-19-26/h3-19H,20-21H2,1-2H3,(H,40,44)(H,42,46,47)/b17-11+. The number of benzene rings is 3. The van der Waals surface area contributed by atoms with E-state index in [0.717, 1.165) is 11.1 Å². The van der Waals surface area contributed by atoms with Crippen molar-refractivity contribution in [2.45, 2.75) is 13.5 Å². The fourth-order valence-electron chi connectivity index (χ4n) is 4.60. The lowest BCUT2D eigenvalue weighted by Gasteiger charge is -2.21. The van der Waals surface area contributed by atoms with Crippen LogP contribution < -0.4 is 20.3 Å². The van der Waals surface area contributed by atoms with E-state index in [0.29, 0.717) is 33.1 Å². The Kier molecular flexibility index (Phi) is 10.8. The van der Waals surface area contributed by atoms with E-state index in [1.807, 2.05) is 37.3 Å². The van der Waals surface area contributed by atoms with Gasteiger partial charge in [0.2, 0.25) is 11.8 Å². The third kappa shape index (κ3) is 8.22. The summed E-state index contributed by atoms with van der Waals surface area (Å²) in [5, 5.41) is 6.41. The van der Waals surface area contributed by atoms with Gasteiger partial charge in [-0.1, -0.05) is 53.5 Å². The van der Waals surface area contributed by atoms with Crippen molar-refractivity contribution in [3.05, 3.63) is 135 Å². The van der Waals surface area contributed by atoms with E-state index in [1.54, 1.807) is 43.4 Å². The zero-order chi connectivity index (χ0) is 34.2. The van der Waals surface area contributed by atoms with Gasteiger partial charge in [-0.25, -0.2) is 4.98 Å². The molecule has 0 aliphatic heterocycles. The normalized spacial score (nSPS) is 10.9. The quantitative estimate of drug-likeness (QED) is 0.133. The van der Waals surface area contributed by atoms with Crippen molar-refractivity contribution in [1.29, 1.82) is 0 Å². The topological polar surface area (TPSA) is 131 Å². The Morgan fingerprint density at radius 3 is 2.42 bits per heavy atom. The van der Waals surface area contributed by atoms with Crippen LogP contribution >= 0.6 is 23.2 Å². The summed E-state index contributed by atoms with van der Waals surface area (Å²) in [5.74, 6) is -1.49. The number of aryl methyl sites for hydroxylation is 1. The highest BCUT2D eigenvalue weighted by Gasteiger charge is 2.19. The number of hydrogen-bond donors (Lipinski definition) is 2. The van der Waals surface area contributed by atoms with E-state index in [9.17, 15) is 19.2 Å². The van der Waals surface area contributed by atoms with Crippen molar-refractivity contribution < 1.29 is 23.9 Å². The Bertz CT molecular complexity index is 2040. The SMILES string of the molecule is Cc1ccc2cccc(OCc3c(Cl)ccc(N(C)C(=O)CNC(=O)/C=C/c4ccc(C(=O)NC(=O)c5cccnc5)cc4)c3Cl)c2n1. The van der Waals surface area contributed by atoms with Gasteiger partial charge in [-0.15, -0.1) is 0 Å². The number of likely N-dealkylation sites (N-methyl/N-ethyl adjacent to an activating group) is 1. The summed E-state index contributed by atoms with van der Waals surface area (Å²) in [6, 6.07) is 22.2. The Balaban J connectivity index is 1.15. The lowest BCUT2D eigenvalue weighted by atomic mass is 10.1. The smallest absolute Gasteiger partial charge is 0.259 e. The third-order valence-corrected chi connectivity index (χ3v) is 8.04. The highest BCUT2D eigenvalue weighted by Crippen LogP contribution is 2.35. The van der Waals surface area contributed by atoms with Gasteiger partial charge in [0.15, 0.2) is 0 Å². The fourth-order valence-corrected chi connectivity index (χ4v) is 5.20. The number of aromatic nitrogens is 2. The molecule has 0 aliphatic rings. The molecule has 0 spiro atoms. The maximum absolute atomic E-state index is 13.0. The van der Waals surface area contributed by atoms with Crippen LogP contribution in [-0.2, 0) is 16.2 Å². The van der Waals surface area contributed by atoms with Gasteiger partial charge in [0.05, 0.1) is 22.8 Å². The van der Waals surface area contributed by atoms with E-state index in [-0.39, 0.29) is 29.3 Å². The fraction of sp³-hybridized carbons (Fsp3) is 0.111. The third-order valence-electron chi connectivity index (χ3n) is 7.26. The molecule has 0 fully saturated rings. The molecule has 0 radical (unpaired) electrons. The van der Waals surface area contributed by atoms with Crippen LogP contribution in [-0.4, -0.2) is 47.2 Å². The first kappa shape index (κ1) is 33.8. The number of nitrogens with zero attached hydrogens (tertiary/aromatic N) is 3. The number of hydrogen-bond acceptors (Lipinski definition) is 7. The zero-order valence-corrected chi connectivity index (χ0v) is 27.4. The van der Waals surface area contributed by atoms with Gasteiger partial charge in [-0.3, -0.25) is 29.5 Å². The average Bonchev–Trinajstić information content (AvgIpc) is 3.10. The summed E-state index contributed by atoms with van der Waals surface area (Å²) in [5.41, 5.74) is 3.61. The summed E-state index contributed by atoms with van der Waals surface area (Å²) in [4.78, 5) is 59.9. The summed E-state index contributed by atoms with van der Waals surface area (Å²) < 4.78 is 6.07.